The first kappa shape index (κ1) is 17.2. The average molecular weight is 318 g/mol. The van der Waals surface area contributed by atoms with Gasteiger partial charge in [0, 0.05) is 30.6 Å². The zero-order valence-electron chi connectivity index (χ0n) is 11.5. The fourth-order valence-corrected chi connectivity index (χ4v) is 2.64. The molecule has 0 heterocycles. The molecule has 0 radical (unpaired) electrons. The number of hydrogen-bond donors (Lipinski definition) is 1. The molecular formula is C14H20ClNO3S. The van der Waals surface area contributed by atoms with Gasteiger partial charge in [-0.3, -0.25) is 0 Å². The SMILES string of the molecule is CN(CCCCCO)S(=O)(=O)/C=C/c1ccc(Cl)cc1. The molecule has 4 nitrogen and oxygen atoms in total. The number of rotatable bonds is 8. The highest BCUT2D eigenvalue weighted by Crippen LogP contribution is 2.12. The van der Waals surface area contributed by atoms with Gasteiger partial charge in [0.2, 0.25) is 10.0 Å². The lowest BCUT2D eigenvalue weighted by Gasteiger charge is -2.14. The van der Waals surface area contributed by atoms with Gasteiger partial charge in [-0.2, -0.15) is 0 Å². The molecular weight excluding hydrogens is 298 g/mol. The Morgan fingerprint density at radius 3 is 2.45 bits per heavy atom. The van der Waals surface area contributed by atoms with Gasteiger partial charge in [0.25, 0.3) is 0 Å². The minimum absolute atomic E-state index is 0.146. The van der Waals surface area contributed by atoms with E-state index in [2.05, 4.69) is 0 Å². The summed E-state index contributed by atoms with van der Waals surface area (Å²) in [4.78, 5) is 0. The standard InChI is InChI=1S/C14H20ClNO3S/c1-16(10-3-2-4-11-17)20(18,19)12-9-13-5-7-14(15)8-6-13/h5-9,12,17H,2-4,10-11H2,1H3/b12-9+. The Morgan fingerprint density at radius 2 is 1.85 bits per heavy atom. The summed E-state index contributed by atoms with van der Waals surface area (Å²) in [7, 11) is -1.84. The third kappa shape index (κ3) is 6.05. The van der Waals surface area contributed by atoms with Gasteiger partial charge in [-0.05, 0) is 43.0 Å². The van der Waals surface area contributed by atoms with Crippen molar-refractivity contribution in [1.29, 1.82) is 0 Å². The highest BCUT2D eigenvalue weighted by Gasteiger charge is 2.13. The Hall–Kier alpha value is -0.880. The van der Waals surface area contributed by atoms with Gasteiger partial charge in [0.05, 0.1) is 0 Å². The highest BCUT2D eigenvalue weighted by atomic mass is 35.5. The summed E-state index contributed by atoms with van der Waals surface area (Å²) in [5, 5.41) is 10.5. The maximum atomic E-state index is 12.0. The molecule has 0 unspecified atom stereocenters. The fourth-order valence-electron chi connectivity index (χ4n) is 1.59. The van der Waals surface area contributed by atoms with Crippen molar-refractivity contribution in [2.75, 3.05) is 20.2 Å². The highest BCUT2D eigenvalue weighted by molar-refractivity contribution is 7.92. The monoisotopic (exact) mass is 317 g/mol. The topological polar surface area (TPSA) is 57.6 Å². The van der Waals surface area contributed by atoms with Crippen LogP contribution in [0.4, 0.5) is 0 Å². The predicted octanol–water partition coefficient (Wildman–Crippen LogP) is 2.73. The van der Waals surface area contributed by atoms with E-state index in [1.165, 1.54) is 9.71 Å². The quantitative estimate of drug-likeness (QED) is 0.750. The van der Waals surface area contributed by atoms with E-state index in [1.807, 2.05) is 0 Å². The lowest BCUT2D eigenvalue weighted by atomic mass is 10.2. The number of hydrogen-bond acceptors (Lipinski definition) is 3. The van der Waals surface area contributed by atoms with Crippen molar-refractivity contribution in [2.24, 2.45) is 0 Å². The molecule has 0 aliphatic heterocycles. The molecule has 0 fully saturated rings. The van der Waals surface area contributed by atoms with Crippen LogP contribution in [0.25, 0.3) is 6.08 Å². The van der Waals surface area contributed by atoms with E-state index in [4.69, 9.17) is 16.7 Å². The first-order valence-corrected chi connectivity index (χ1v) is 8.34. The van der Waals surface area contributed by atoms with E-state index < -0.39 is 10.0 Å². The number of aliphatic hydroxyl groups excluding tert-OH is 1. The van der Waals surface area contributed by atoms with E-state index >= 15 is 0 Å². The summed E-state index contributed by atoms with van der Waals surface area (Å²) in [6.45, 7) is 0.597. The predicted molar refractivity (Wildman–Crippen MR) is 83.0 cm³/mol. The van der Waals surface area contributed by atoms with Crippen LogP contribution in [0.15, 0.2) is 29.7 Å². The lowest BCUT2D eigenvalue weighted by Crippen LogP contribution is -2.25. The van der Waals surface area contributed by atoms with E-state index in [0.717, 1.165) is 18.4 Å². The van der Waals surface area contributed by atoms with Crippen LogP contribution in [0.2, 0.25) is 5.02 Å². The van der Waals surface area contributed by atoms with Crippen molar-refractivity contribution in [1.82, 2.24) is 4.31 Å². The minimum Gasteiger partial charge on any atom is -0.396 e. The van der Waals surface area contributed by atoms with Crippen molar-refractivity contribution in [2.45, 2.75) is 19.3 Å². The van der Waals surface area contributed by atoms with Crippen molar-refractivity contribution in [3.63, 3.8) is 0 Å². The van der Waals surface area contributed by atoms with Crippen molar-refractivity contribution in [3.8, 4) is 0 Å². The molecule has 6 heteroatoms. The summed E-state index contributed by atoms with van der Waals surface area (Å²) < 4.78 is 25.3. The molecule has 0 amide bonds. The number of nitrogens with zero attached hydrogens (tertiary/aromatic N) is 1. The van der Waals surface area contributed by atoms with Crippen LogP contribution in [0.1, 0.15) is 24.8 Å². The van der Waals surface area contributed by atoms with Gasteiger partial charge in [-0.25, -0.2) is 12.7 Å². The Balaban J connectivity index is 2.57. The molecule has 1 rings (SSSR count). The van der Waals surface area contributed by atoms with E-state index in [0.29, 0.717) is 18.0 Å². The molecule has 0 saturated heterocycles. The summed E-state index contributed by atoms with van der Waals surface area (Å²) >= 11 is 5.77. The van der Waals surface area contributed by atoms with Crippen molar-refractivity contribution >= 4 is 27.7 Å². The van der Waals surface area contributed by atoms with Crippen molar-refractivity contribution in [3.05, 3.63) is 40.3 Å². The second-order valence-corrected chi connectivity index (χ2v) is 6.87. The second kappa shape index (κ2) is 8.42. The van der Waals surface area contributed by atoms with Crippen LogP contribution in [0, 0.1) is 0 Å². The molecule has 0 aliphatic rings. The molecule has 0 atom stereocenters. The summed E-state index contributed by atoms with van der Waals surface area (Å²) in [5.74, 6) is 0. The van der Waals surface area contributed by atoms with Gasteiger partial charge in [-0.15, -0.1) is 0 Å². The molecule has 1 aromatic rings. The smallest absolute Gasteiger partial charge is 0.235 e. The summed E-state index contributed by atoms with van der Waals surface area (Å²) in [6, 6.07) is 6.95. The molecule has 1 N–H and O–H groups in total. The Bertz CT molecular complexity index is 526. The number of halogens is 1. The van der Waals surface area contributed by atoms with E-state index in [1.54, 1.807) is 37.4 Å². The van der Waals surface area contributed by atoms with E-state index in [-0.39, 0.29) is 6.61 Å². The second-order valence-electron chi connectivity index (χ2n) is 4.51. The lowest BCUT2D eigenvalue weighted by molar-refractivity contribution is 0.281. The van der Waals surface area contributed by atoms with Gasteiger partial charge < -0.3 is 5.11 Å². The average Bonchev–Trinajstić information content (AvgIpc) is 2.43. The van der Waals surface area contributed by atoms with Gasteiger partial charge in [0.15, 0.2) is 0 Å². The molecule has 0 bridgehead atoms. The minimum atomic E-state index is -3.40. The van der Waals surface area contributed by atoms with Crippen LogP contribution >= 0.6 is 11.6 Å². The molecule has 1 aromatic carbocycles. The number of aliphatic hydroxyl groups is 1. The number of sulfonamides is 1. The molecule has 20 heavy (non-hydrogen) atoms. The van der Waals surface area contributed by atoms with Gasteiger partial charge >= 0.3 is 0 Å². The fraction of sp³-hybridized carbons (Fsp3) is 0.429. The van der Waals surface area contributed by atoms with Crippen LogP contribution < -0.4 is 0 Å². The summed E-state index contributed by atoms with van der Waals surface area (Å²) in [6.07, 6.45) is 3.81. The maximum absolute atomic E-state index is 12.0. The molecule has 0 saturated carbocycles. The normalized spacial score (nSPS) is 12.4. The van der Waals surface area contributed by atoms with E-state index in [9.17, 15) is 8.42 Å². The maximum Gasteiger partial charge on any atom is 0.235 e. The number of benzene rings is 1. The Morgan fingerprint density at radius 1 is 1.20 bits per heavy atom. The van der Waals surface area contributed by atoms with Crippen LogP contribution in [-0.2, 0) is 10.0 Å². The third-order valence-electron chi connectivity index (χ3n) is 2.87. The molecule has 0 aromatic heterocycles. The Labute approximate surface area is 125 Å². The van der Waals surface area contributed by atoms with Crippen LogP contribution in [0.5, 0.6) is 0 Å². The van der Waals surface area contributed by atoms with Gasteiger partial charge in [-0.1, -0.05) is 23.7 Å². The summed E-state index contributed by atoms with van der Waals surface area (Å²) in [5.41, 5.74) is 0.784. The molecule has 0 spiro atoms. The zero-order valence-corrected chi connectivity index (χ0v) is 13.1. The Kier molecular flexibility index (Phi) is 7.23. The first-order valence-electron chi connectivity index (χ1n) is 6.46. The number of unbranched alkanes of at least 4 members (excludes halogenated alkanes) is 2. The van der Waals surface area contributed by atoms with Gasteiger partial charge in [0.1, 0.15) is 0 Å². The van der Waals surface area contributed by atoms with Crippen LogP contribution in [0.3, 0.4) is 0 Å². The van der Waals surface area contributed by atoms with Crippen molar-refractivity contribution < 1.29 is 13.5 Å². The first-order chi connectivity index (χ1) is 9.45. The third-order valence-corrected chi connectivity index (χ3v) is 4.65. The largest absolute Gasteiger partial charge is 0.396 e. The van der Waals surface area contributed by atoms with Crippen LogP contribution in [-0.4, -0.2) is 38.0 Å². The molecule has 0 aliphatic carbocycles. The molecule has 112 valence electrons. The zero-order chi connectivity index (χ0) is 15.0.